The van der Waals surface area contributed by atoms with Crippen molar-refractivity contribution in [3.8, 4) is 0 Å². The van der Waals surface area contributed by atoms with E-state index in [0.717, 1.165) is 12.0 Å². The first-order valence-electron chi connectivity index (χ1n) is 4.59. The van der Waals surface area contributed by atoms with Crippen molar-refractivity contribution in [2.24, 2.45) is 5.41 Å². The average molecular weight is 320 g/mol. The van der Waals surface area contributed by atoms with Gasteiger partial charge in [-0.25, -0.2) is 0 Å². The molecule has 0 heterocycles. The highest BCUT2D eigenvalue weighted by Crippen LogP contribution is 2.45. The molecule has 14 heavy (non-hydrogen) atoms. The van der Waals surface area contributed by atoms with Crippen molar-refractivity contribution < 1.29 is 0 Å². The summed E-state index contributed by atoms with van der Waals surface area (Å²) in [4.78, 5) is 0.403. The van der Waals surface area contributed by atoms with Crippen molar-refractivity contribution in [2.45, 2.75) is 35.8 Å². The Kier molecular flexibility index (Phi) is 4.65. The number of alkyl halides is 4. The molecule has 82 valence electrons. The van der Waals surface area contributed by atoms with E-state index < -0.39 is 0 Å². The Balaban J connectivity index is 2.90. The lowest BCUT2D eigenvalue weighted by molar-refractivity contribution is 0.341. The van der Waals surface area contributed by atoms with Crippen LogP contribution in [-0.4, -0.2) is 21.5 Å². The zero-order valence-corrected chi connectivity index (χ0v) is 12.1. The molecule has 0 aliphatic heterocycles. The lowest BCUT2D eigenvalue weighted by Gasteiger charge is -2.40. The van der Waals surface area contributed by atoms with Crippen LogP contribution in [0.3, 0.4) is 0 Å². The topological polar surface area (TPSA) is 0 Å². The minimum Gasteiger partial charge on any atom is -0.125 e. The molecule has 0 saturated carbocycles. The molecule has 0 aromatic rings. The van der Waals surface area contributed by atoms with Crippen molar-refractivity contribution in [3.63, 3.8) is 0 Å². The Morgan fingerprint density at radius 1 is 1.64 bits per heavy atom. The van der Waals surface area contributed by atoms with E-state index in [-0.39, 0.29) is 16.2 Å². The average Bonchev–Trinajstić information content (AvgIpc) is 2.14. The fourth-order valence-electron chi connectivity index (χ4n) is 1.61. The summed E-state index contributed by atoms with van der Waals surface area (Å²) in [5.41, 5.74) is 1.09. The molecule has 0 amide bonds. The molecule has 3 atom stereocenters. The van der Waals surface area contributed by atoms with Gasteiger partial charge >= 0.3 is 0 Å². The second kappa shape index (κ2) is 4.95. The van der Waals surface area contributed by atoms with E-state index in [1.54, 1.807) is 0 Å². The summed E-state index contributed by atoms with van der Waals surface area (Å²) >= 11 is 21.9. The van der Waals surface area contributed by atoms with E-state index in [1.807, 2.05) is 0 Å². The standard InChI is InChI=1S/C10H14BrCl3/c1-10(2)8(11)4-3-6(9(10)14)7(13)5-12/h3,7-9H,4-5H2,1-2H3. The Bertz CT molecular complexity index is 238. The SMILES string of the molecule is CC1(C)C(Br)CC=C(C(Cl)CCl)C1Cl. The van der Waals surface area contributed by atoms with Crippen molar-refractivity contribution in [3.05, 3.63) is 11.6 Å². The van der Waals surface area contributed by atoms with Gasteiger partial charge in [0.05, 0.1) is 10.8 Å². The number of hydrogen-bond acceptors (Lipinski definition) is 0. The summed E-state index contributed by atoms with van der Waals surface area (Å²) in [6, 6.07) is 0. The van der Waals surface area contributed by atoms with Crippen molar-refractivity contribution in [1.29, 1.82) is 0 Å². The smallest absolute Gasteiger partial charge is 0.0695 e. The van der Waals surface area contributed by atoms with Crippen LogP contribution in [0.2, 0.25) is 0 Å². The molecule has 0 saturated heterocycles. The van der Waals surface area contributed by atoms with Gasteiger partial charge in [0.2, 0.25) is 0 Å². The van der Waals surface area contributed by atoms with Crippen LogP contribution in [0.4, 0.5) is 0 Å². The molecule has 0 N–H and O–H groups in total. The lowest BCUT2D eigenvalue weighted by atomic mass is 9.76. The quantitative estimate of drug-likeness (QED) is 0.517. The van der Waals surface area contributed by atoms with Gasteiger partial charge in [-0.2, -0.15) is 0 Å². The lowest BCUT2D eigenvalue weighted by Crippen LogP contribution is -2.40. The van der Waals surface area contributed by atoms with Crippen LogP contribution in [0.1, 0.15) is 20.3 Å². The number of allylic oxidation sites excluding steroid dienone is 2. The van der Waals surface area contributed by atoms with Crippen LogP contribution in [0.15, 0.2) is 11.6 Å². The molecule has 0 spiro atoms. The third kappa shape index (κ3) is 2.42. The van der Waals surface area contributed by atoms with Crippen LogP contribution >= 0.6 is 50.7 Å². The van der Waals surface area contributed by atoms with Crippen LogP contribution in [0, 0.1) is 5.41 Å². The predicted molar refractivity (Wildman–Crippen MR) is 69.2 cm³/mol. The molecule has 1 rings (SSSR count). The van der Waals surface area contributed by atoms with E-state index in [4.69, 9.17) is 34.8 Å². The highest BCUT2D eigenvalue weighted by molar-refractivity contribution is 9.09. The van der Waals surface area contributed by atoms with Crippen molar-refractivity contribution in [2.75, 3.05) is 5.88 Å². The molecule has 0 nitrogen and oxygen atoms in total. The molecule has 4 heteroatoms. The van der Waals surface area contributed by atoms with Gasteiger partial charge in [-0.3, -0.25) is 0 Å². The Morgan fingerprint density at radius 3 is 2.71 bits per heavy atom. The van der Waals surface area contributed by atoms with Crippen LogP contribution < -0.4 is 0 Å². The van der Waals surface area contributed by atoms with Gasteiger partial charge in [-0.15, -0.1) is 34.8 Å². The van der Waals surface area contributed by atoms with Gasteiger partial charge < -0.3 is 0 Å². The van der Waals surface area contributed by atoms with E-state index >= 15 is 0 Å². The van der Waals surface area contributed by atoms with Crippen LogP contribution in [0.5, 0.6) is 0 Å². The highest BCUT2D eigenvalue weighted by Gasteiger charge is 2.41. The second-order valence-corrected chi connectivity index (χ2v) is 6.59. The second-order valence-electron chi connectivity index (χ2n) is 4.21. The normalized spacial score (nSPS) is 33.7. The minimum atomic E-state index is -0.140. The first-order valence-corrected chi connectivity index (χ1v) is 6.91. The fraction of sp³-hybridized carbons (Fsp3) is 0.800. The largest absolute Gasteiger partial charge is 0.125 e. The first-order chi connectivity index (χ1) is 6.41. The number of hydrogen-bond donors (Lipinski definition) is 0. The van der Waals surface area contributed by atoms with Crippen molar-refractivity contribution in [1.82, 2.24) is 0 Å². The molecule has 0 aromatic carbocycles. The molecular weight excluding hydrogens is 306 g/mol. The molecule has 3 unspecified atom stereocenters. The Labute approximate surface area is 109 Å². The molecule has 1 aliphatic rings. The van der Waals surface area contributed by atoms with E-state index in [0.29, 0.717) is 10.7 Å². The maximum atomic E-state index is 6.40. The summed E-state index contributed by atoms with van der Waals surface area (Å²) in [6.07, 6.45) is 3.08. The third-order valence-corrected chi connectivity index (χ3v) is 6.05. The molecule has 0 aromatic heterocycles. The summed E-state index contributed by atoms with van der Waals surface area (Å²) in [6.45, 7) is 4.30. The zero-order valence-electron chi connectivity index (χ0n) is 8.24. The summed E-state index contributed by atoms with van der Waals surface area (Å²) < 4.78 is 0. The van der Waals surface area contributed by atoms with Crippen LogP contribution in [0.25, 0.3) is 0 Å². The van der Waals surface area contributed by atoms with Gasteiger partial charge in [0, 0.05) is 10.7 Å². The Morgan fingerprint density at radius 2 is 2.21 bits per heavy atom. The first kappa shape index (κ1) is 13.2. The van der Waals surface area contributed by atoms with E-state index in [1.165, 1.54) is 0 Å². The predicted octanol–water partition coefficient (Wildman–Crippen LogP) is 4.56. The molecule has 0 radical (unpaired) electrons. The van der Waals surface area contributed by atoms with Gasteiger partial charge in [-0.05, 0) is 17.4 Å². The summed E-state index contributed by atoms with van der Waals surface area (Å²) in [5, 5.41) is -0.180. The third-order valence-electron chi connectivity index (χ3n) is 2.81. The number of halogens is 4. The Hall–Kier alpha value is 1.09. The van der Waals surface area contributed by atoms with E-state index in [9.17, 15) is 0 Å². The summed E-state index contributed by atoms with van der Waals surface area (Å²) in [5.74, 6) is 0.416. The monoisotopic (exact) mass is 318 g/mol. The summed E-state index contributed by atoms with van der Waals surface area (Å²) in [7, 11) is 0. The van der Waals surface area contributed by atoms with Crippen molar-refractivity contribution >= 4 is 50.7 Å². The van der Waals surface area contributed by atoms with Crippen LogP contribution in [-0.2, 0) is 0 Å². The van der Waals surface area contributed by atoms with Gasteiger partial charge in [-0.1, -0.05) is 35.9 Å². The molecule has 0 fully saturated rings. The van der Waals surface area contributed by atoms with E-state index in [2.05, 4.69) is 35.9 Å². The maximum absolute atomic E-state index is 6.40. The van der Waals surface area contributed by atoms with Gasteiger partial charge in [0.15, 0.2) is 0 Å². The zero-order chi connectivity index (χ0) is 10.9. The molecular formula is C10H14BrCl3. The van der Waals surface area contributed by atoms with Gasteiger partial charge in [0.25, 0.3) is 0 Å². The highest BCUT2D eigenvalue weighted by atomic mass is 79.9. The maximum Gasteiger partial charge on any atom is 0.0695 e. The molecule has 0 bridgehead atoms. The van der Waals surface area contributed by atoms with Gasteiger partial charge in [0.1, 0.15) is 0 Å². The minimum absolute atomic E-state index is 0.0187. The number of rotatable bonds is 2. The fourth-order valence-corrected chi connectivity index (χ4v) is 3.07. The molecule has 1 aliphatic carbocycles.